The highest BCUT2D eigenvalue weighted by Gasteiger charge is 2.10. The molecule has 0 aliphatic rings. The van der Waals surface area contributed by atoms with Crippen molar-refractivity contribution in [2.24, 2.45) is 5.73 Å². The molecule has 1 atom stereocenters. The Labute approximate surface area is 111 Å². The molecule has 100 valence electrons. The largest absolute Gasteiger partial charge is 0.325 e. The average Bonchev–Trinajstić information content (AvgIpc) is 2.93. The molecule has 2 aromatic rings. The monoisotopic (exact) mass is 259 g/mol. The minimum atomic E-state index is -0.463. The first-order chi connectivity index (χ1) is 9.19. The van der Waals surface area contributed by atoms with Crippen LogP contribution in [0.3, 0.4) is 0 Å². The molecular formula is C13H17N5O. The minimum absolute atomic E-state index is 0.161. The van der Waals surface area contributed by atoms with Crippen LogP contribution in [0.25, 0.3) is 0 Å². The van der Waals surface area contributed by atoms with E-state index in [1.807, 2.05) is 31.2 Å². The topological polar surface area (TPSA) is 85.8 Å². The number of aromatic nitrogens is 3. The number of nitrogens with one attached hydrogen (secondary N) is 1. The predicted molar refractivity (Wildman–Crippen MR) is 72.5 cm³/mol. The second kappa shape index (κ2) is 6.10. The molecule has 0 fully saturated rings. The maximum Gasteiger partial charge on any atom is 0.241 e. The summed E-state index contributed by atoms with van der Waals surface area (Å²) in [5.41, 5.74) is 7.49. The van der Waals surface area contributed by atoms with Gasteiger partial charge in [0.15, 0.2) is 0 Å². The molecule has 3 N–H and O–H groups in total. The Morgan fingerprint density at radius 3 is 2.74 bits per heavy atom. The van der Waals surface area contributed by atoms with Crippen LogP contribution in [0.5, 0.6) is 0 Å². The van der Waals surface area contributed by atoms with E-state index in [1.165, 1.54) is 6.33 Å². The van der Waals surface area contributed by atoms with Gasteiger partial charge in [-0.1, -0.05) is 19.1 Å². The van der Waals surface area contributed by atoms with Gasteiger partial charge in [-0.3, -0.25) is 4.79 Å². The Hall–Kier alpha value is -2.21. The van der Waals surface area contributed by atoms with Gasteiger partial charge in [0.1, 0.15) is 12.7 Å². The Balaban J connectivity index is 1.96. The van der Waals surface area contributed by atoms with Crippen LogP contribution in [0.4, 0.5) is 5.69 Å². The van der Waals surface area contributed by atoms with Crippen LogP contribution in [0, 0.1) is 0 Å². The van der Waals surface area contributed by atoms with E-state index in [9.17, 15) is 4.79 Å². The lowest BCUT2D eigenvalue weighted by atomic mass is 10.2. The van der Waals surface area contributed by atoms with E-state index in [0.29, 0.717) is 13.0 Å². The number of nitrogens with two attached hydrogens (primary N) is 1. The number of benzene rings is 1. The van der Waals surface area contributed by atoms with E-state index in [1.54, 1.807) is 11.0 Å². The Kier molecular flexibility index (Phi) is 4.25. The average molecular weight is 259 g/mol. The summed E-state index contributed by atoms with van der Waals surface area (Å²) in [6.45, 7) is 2.54. The van der Waals surface area contributed by atoms with Crippen molar-refractivity contribution in [3.05, 3.63) is 42.5 Å². The van der Waals surface area contributed by atoms with Crippen molar-refractivity contribution in [2.45, 2.75) is 25.9 Å². The number of nitrogens with zero attached hydrogens (tertiary/aromatic N) is 3. The van der Waals surface area contributed by atoms with Gasteiger partial charge in [0.2, 0.25) is 5.91 Å². The zero-order chi connectivity index (χ0) is 13.7. The minimum Gasteiger partial charge on any atom is -0.325 e. The third-order valence-electron chi connectivity index (χ3n) is 2.81. The SMILES string of the molecule is CC[C@H](N)C(=O)Nc1ccc(Cn2cncn2)cc1. The van der Waals surface area contributed by atoms with Crippen LogP contribution < -0.4 is 11.1 Å². The lowest BCUT2D eigenvalue weighted by molar-refractivity contribution is -0.117. The van der Waals surface area contributed by atoms with Gasteiger partial charge in [-0.05, 0) is 24.1 Å². The van der Waals surface area contributed by atoms with Crippen LogP contribution in [0.2, 0.25) is 0 Å². The van der Waals surface area contributed by atoms with Gasteiger partial charge in [-0.25, -0.2) is 9.67 Å². The summed E-state index contributed by atoms with van der Waals surface area (Å²) >= 11 is 0. The summed E-state index contributed by atoms with van der Waals surface area (Å²) in [6, 6.07) is 7.12. The molecule has 6 nitrogen and oxygen atoms in total. The van der Waals surface area contributed by atoms with Crippen molar-refractivity contribution in [3.8, 4) is 0 Å². The fourth-order valence-electron chi connectivity index (χ4n) is 1.62. The van der Waals surface area contributed by atoms with Crippen molar-refractivity contribution < 1.29 is 4.79 Å². The highest BCUT2D eigenvalue weighted by Crippen LogP contribution is 2.10. The number of anilines is 1. The standard InChI is InChI=1S/C13H17N5O/c1-2-12(14)13(19)17-11-5-3-10(4-6-11)7-18-9-15-8-16-18/h3-6,8-9,12H,2,7,14H2,1H3,(H,17,19)/t12-/m0/s1. The summed E-state index contributed by atoms with van der Waals surface area (Å²) in [5.74, 6) is -0.161. The number of hydrogen-bond acceptors (Lipinski definition) is 4. The summed E-state index contributed by atoms with van der Waals surface area (Å²) in [5, 5.41) is 6.82. The molecule has 1 aromatic heterocycles. The molecular weight excluding hydrogens is 242 g/mol. The smallest absolute Gasteiger partial charge is 0.241 e. The zero-order valence-electron chi connectivity index (χ0n) is 10.8. The van der Waals surface area contributed by atoms with Crippen LogP contribution in [0.1, 0.15) is 18.9 Å². The van der Waals surface area contributed by atoms with Gasteiger partial charge in [-0.15, -0.1) is 0 Å². The van der Waals surface area contributed by atoms with E-state index < -0.39 is 6.04 Å². The Morgan fingerprint density at radius 1 is 1.42 bits per heavy atom. The quantitative estimate of drug-likeness (QED) is 0.838. The molecule has 0 saturated heterocycles. The normalized spacial score (nSPS) is 12.1. The summed E-state index contributed by atoms with van der Waals surface area (Å²) in [4.78, 5) is 15.5. The number of amides is 1. The van der Waals surface area contributed by atoms with E-state index in [2.05, 4.69) is 15.4 Å². The maximum absolute atomic E-state index is 11.6. The number of carbonyl (C=O) groups excluding carboxylic acids is 1. The van der Waals surface area contributed by atoms with E-state index >= 15 is 0 Å². The molecule has 1 aromatic carbocycles. The van der Waals surface area contributed by atoms with Crippen LogP contribution in [-0.4, -0.2) is 26.7 Å². The van der Waals surface area contributed by atoms with Crippen molar-refractivity contribution in [3.63, 3.8) is 0 Å². The molecule has 0 aliphatic heterocycles. The molecule has 1 amide bonds. The van der Waals surface area contributed by atoms with Crippen molar-refractivity contribution in [1.82, 2.24) is 14.8 Å². The van der Waals surface area contributed by atoms with Crippen molar-refractivity contribution in [2.75, 3.05) is 5.32 Å². The van der Waals surface area contributed by atoms with Gasteiger partial charge in [0.05, 0.1) is 12.6 Å². The molecule has 0 saturated carbocycles. The Bertz CT molecular complexity index is 520. The fourth-order valence-corrected chi connectivity index (χ4v) is 1.62. The predicted octanol–water partition coefficient (Wildman–Crippen LogP) is 1.00. The molecule has 2 rings (SSSR count). The number of hydrogen-bond donors (Lipinski definition) is 2. The van der Waals surface area contributed by atoms with Gasteiger partial charge >= 0.3 is 0 Å². The maximum atomic E-state index is 11.6. The second-order valence-corrected chi connectivity index (χ2v) is 4.29. The van der Waals surface area contributed by atoms with Gasteiger partial charge in [0, 0.05) is 5.69 Å². The molecule has 0 unspecified atom stereocenters. The summed E-state index contributed by atoms with van der Waals surface area (Å²) in [7, 11) is 0. The lowest BCUT2D eigenvalue weighted by Gasteiger charge is -2.10. The second-order valence-electron chi connectivity index (χ2n) is 4.29. The molecule has 0 bridgehead atoms. The lowest BCUT2D eigenvalue weighted by Crippen LogP contribution is -2.34. The van der Waals surface area contributed by atoms with Crippen molar-refractivity contribution in [1.29, 1.82) is 0 Å². The van der Waals surface area contributed by atoms with E-state index in [4.69, 9.17) is 5.73 Å². The van der Waals surface area contributed by atoms with Gasteiger partial charge in [-0.2, -0.15) is 5.10 Å². The molecule has 6 heteroatoms. The van der Waals surface area contributed by atoms with Crippen LogP contribution in [-0.2, 0) is 11.3 Å². The zero-order valence-corrected chi connectivity index (χ0v) is 10.8. The first-order valence-electron chi connectivity index (χ1n) is 6.17. The summed E-state index contributed by atoms with van der Waals surface area (Å²) in [6.07, 6.45) is 3.78. The highest BCUT2D eigenvalue weighted by molar-refractivity contribution is 5.94. The van der Waals surface area contributed by atoms with Crippen LogP contribution >= 0.6 is 0 Å². The fraction of sp³-hybridized carbons (Fsp3) is 0.308. The van der Waals surface area contributed by atoms with E-state index in [0.717, 1.165) is 11.3 Å². The molecule has 0 radical (unpaired) electrons. The molecule has 0 aliphatic carbocycles. The highest BCUT2D eigenvalue weighted by atomic mass is 16.2. The first-order valence-corrected chi connectivity index (χ1v) is 6.17. The molecule has 0 spiro atoms. The Morgan fingerprint density at radius 2 is 2.16 bits per heavy atom. The van der Waals surface area contributed by atoms with Crippen LogP contribution in [0.15, 0.2) is 36.9 Å². The number of carbonyl (C=O) groups is 1. The van der Waals surface area contributed by atoms with Gasteiger partial charge in [0.25, 0.3) is 0 Å². The number of rotatable bonds is 5. The van der Waals surface area contributed by atoms with Gasteiger partial charge < -0.3 is 11.1 Å². The first kappa shape index (κ1) is 13.2. The van der Waals surface area contributed by atoms with Crippen molar-refractivity contribution >= 4 is 11.6 Å². The molecule has 19 heavy (non-hydrogen) atoms. The summed E-state index contributed by atoms with van der Waals surface area (Å²) < 4.78 is 1.74. The molecule has 1 heterocycles. The third kappa shape index (κ3) is 3.62. The third-order valence-corrected chi connectivity index (χ3v) is 2.81. The van der Waals surface area contributed by atoms with E-state index in [-0.39, 0.29) is 5.91 Å².